The Balaban J connectivity index is 3.60. The van der Waals surface area contributed by atoms with Gasteiger partial charge in [0.25, 0.3) is 0 Å². The van der Waals surface area contributed by atoms with Crippen LogP contribution in [0.4, 0.5) is 0 Å². The van der Waals surface area contributed by atoms with Gasteiger partial charge in [-0.25, -0.2) is 0 Å². The maximum absolute atomic E-state index is 10.7. The summed E-state index contributed by atoms with van der Waals surface area (Å²) < 4.78 is 0. The topological polar surface area (TPSA) is 43.1 Å². The molecule has 2 N–H and O–H groups in total. The summed E-state index contributed by atoms with van der Waals surface area (Å²) >= 11 is 0. The molecule has 0 aromatic carbocycles. The fraction of sp³-hybridized carbons (Fsp3) is 0.375. The van der Waals surface area contributed by atoms with E-state index in [4.69, 9.17) is 5.73 Å². The highest BCUT2D eigenvalue weighted by Crippen LogP contribution is 1.96. The van der Waals surface area contributed by atoms with Crippen LogP contribution in [0.15, 0.2) is 25.3 Å². The lowest BCUT2D eigenvalue weighted by Gasteiger charge is -2.03. The van der Waals surface area contributed by atoms with Gasteiger partial charge in [0, 0.05) is 0 Å². The van der Waals surface area contributed by atoms with Crippen molar-refractivity contribution >= 4 is 5.78 Å². The van der Waals surface area contributed by atoms with Crippen molar-refractivity contribution in [2.75, 3.05) is 0 Å². The Morgan fingerprint density at radius 3 is 2.60 bits per heavy atom. The average molecular weight is 139 g/mol. The first kappa shape index (κ1) is 9.11. The molecular weight excluding hydrogens is 126 g/mol. The molecule has 0 saturated heterocycles. The summed E-state index contributed by atoms with van der Waals surface area (Å²) in [7, 11) is 0. The van der Waals surface area contributed by atoms with Gasteiger partial charge in [0.15, 0.2) is 5.78 Å². The van der Waals surface area contributed by atoms with E-state index in [9.17, 15) is 4.79 Å². The highest BCUT2D eigenvalue weighted by Gasteiger charge is 2.06. The second-order valence-electron chi connectivity index (χ2n) is 2.08. The Labute approximate surface area is 61.4 Å². The first-order valence-electron chi connectivity index (χ1n) is 3.25. The first-order valence-corrected chi connectivity index (χ1v) is 3.25. The molecule has 0 fully saturated rings. The molecule has 0 aromatic heterocycles. The Kier molecular flexibility index (Phi) is 4.50. The van der Waals surface area contributed by atoms with Crippen LogP contribution in [0.3, 0.4) is 0 Å². The molecule has 0 unspecified atom stereocenters. The molecule has 0 amide bonds. The van der Waals surface area contributed by atoms with Crippen LogP contribution >= 0.6 is 0 Å². The summed E-state index contributed by atoms with van der Waals surface area (Å²) in [5.41, 5.74) is 5.45. The lowest BCUT2D eigenvalue weighted by molar-refractivity contribution is -0.115. The lowest BCUT2D eigenvalue weighted by atomic mass is 10.1. The van der Waals surface area contributed by atoms with Gasteiger partial charge in [-0.2, -0.15) is 0 Å². The van der Waals surface area contributed by atoms with Gasteiger partial charge in [-0.05, 0) is 18.9 Å². The van der Waals surface area contributed by atoms with Crippen molar-refractivity contribution in [2.45, 2.75) is 18.9 Å². The summed E-state index contributed by atoms with van der Waals surface area (Å²) in [5, 5.41) is 0. The van der Waals surface area contributed by atoms with Gasteiger partial charge in [-0.1, -0.05) is 12.7 Å². The van der Waals surface area contributed by atoms with E-state index in [-0.39, 0.29) is 5.78 Å². The van der Waals surface area contributed by atoms with Crippen LogP contribution in [-0.4, -0.2) is 11.8 Å². The maximum atomic E-state index is 10.7. The predicted molar refractivity (Wildman–Crippen MR) is 42.6 cm³/mol. The van der Waals surface area contributed by atoms with E-state index in [0.29, 0.717) is 6.42 Å². The number of carbonyl (C=O) groups excluding carboxylic acids is 1. The van der Waals surface area contributed by atoms with Gasteiger partial charge in [-0.15, -0.1) is 6.58 Å². The summed E-state index contributed by atoms with van der Waals surface area (Å²) in [4.78, 5) is 10.7. The van der Waals surface area contributed by atoms with Gasteiger partial charge in [-0.3, -0.25) is 4.79 Å². The third-order valence-electron chi connectivity index (χ3n) is 1.25. The van der Waals surface area contributed by atoms with E-state index in [1.807, 2.05) is 0 Å². The van der Waals surface area contributed by atoms with E-state index in [1.165, 1.54) is 6.08 Å². The average Bonchev–Trinajstić information content (AvgIpc) is 1.98. The molecule has 10 heavy (non-hydrogen) atoms. The SMILES string of the molecule is C=CCC[C@@H](N)C(=O)C=C. The van der Waals surface area contributed by atoms with E-state index >= 15 is 0 Å². The van der Waals surface area contributed by atoms with E-state index < -0.39 is 6.04 Å². The van der Waals surface area contributed by atoms with Crippen molar-refractivity contribution in [3.05, 3.63) is 25.3 Å². The second-order valence-corrected chi connectivity index (χ2v) is 2.08. The van der Waals surface area contributed by atoms with E-state index in [1.54, 1.807) is 6.08 Å². The molecule has 0 radical (unpaired) electrons. The number of hydrogen-bond donors (Lipinski definition) is 1. The normalized spacial score (nSPS) is 12.1. The van der Waals surface area contributed by atoms with Crippen LogP contribution in [0.5, 0.6) is 0 Å². The van der Waals surface area contributed by atoms with Crippen LogP contribution in [0.2, 0.25) is 0 Å². The Morgan fingerprint density at radius 1 is 1.60 bits per heavy atom. The summed E-state index contributed by atoms with van der Waals surface area (Å²) in [6.45, 7) is 6.86. The molecule has 0 aliphatic carbocycles. The minimum absolute atomic E-state index is 0.0955. The molecule has 56 valence electrons. The molecule has 0 aromatic rings. The molecule has 0 aliphatic rings. The van der Waals surface area contributed by atoms with Crippen LogP contribution in [0.1, 0.15) is 12.8 Å². The van der Waals surface area contributed by atoms with Crippen LogP contribution < -0.4 is 5.73 Å². The standard InChI is InChI=1S/C8H13NO/c1-3-5-6-7(9)8(10)4-2/h3-4,7H,1-2,5-6,9H2/t7-/m1/s1. The predicted octanol–water partition coefficient (Wildman–Crippen LogP) is 1.04. The minimum Gasteiger partial charge on any atom is -0.321 e. The zero-order chi connectivity index (χ0) is 7.98. The van der Waals surface area contributed by atoms with Crippen molar-refractivity contribution < 1.29 is 4.79 Å². The molecule has 0 bridgehead atoms. The largest absolute Gasteiger partial charge is 0.321 e. The molecule has 0 rings (SSSR count). The number of rotatable bonds is 5. The van der Waals surface area contributed by atoms with Crippen molar-refractivity contribution in [1.29, 1.82) is 0 Å². The third-order valence-corrected chi connectivity index (χ3v) is 1.25. The number of nitrogens with two attached hydrogens (primary N) is 1. The van der Waals surface area contributed by atoms with E-state index in [0.717, 1.165) is 6.42 Å². The number of carbonyl (C=O) groups is 1. The smallest absolute Gasteiger partial charge is 0.171 e. The second kappa shape index (κ2) is 4.94. The highest BCUT2D eigenvalue weighted by molar-refractivity contribution is 5.93. The summed E-state index contributed by atoms with van der Waals surface area (Å²) in [5.74, 6) is -0.0955. The summed E-state index contributed by atoms with van der Waals surface area (Å²) in [6, 6.07) is -0.393. The summed E-state index contributed by atoms with van der Waals surface area (Å²) in [6.07, 6.45) is 4.44. The quantitative estimate of drug-likeness (QED) is 0.456. The van der Waals surface area contributed by atoms with Crippen molar-refractivity contribution in [3.63, 3.8) is 0 Å². The van der Waals surface area contributed by atoms with Gasteiger partial charge in [0.05, 0.1) is 6.04 Å². The van der Waals surface area contributed by atoms with Gasteiger partial charge in [0.1, 0.15) is 0 Å². The molecule has 0 aliphatic heterocycles. The fourth-order valence-corrected chi connectivity index (χ4v) is 0.591. The molecule has 0 spiro atoms. The van der Waals surface area contributed by atoms with Gasteiger partial charge >= 0.3 is 0 Å². The Morgan fingerprint density at radius 2 is 2.20 bits per heavy atom. The zero-order valence-electron chi connectivity index (χ0n) is 6.05. The van der Waals surface area contributed by atoms with Gasteiger partial charge < -0.3 is 5.73 Å². The number of allylic oxidation sites excluding steroid dienone is 1. The third kappa shape index (κ3) is 3.20. The Hall–Kier alpha value is -0.890. The molecule has 2 heteroatoms. The Bertz CT molecular complexity index is 140. The maximum Gasteiger partial charge on any atom is 0.171 e. The first-order chi connectivity index (χ1) is 4.72. The number of hydrogen-bond acceptors (Lipinski definition) is 2. The molecule has 0 heterocycles. The van der Waals surface area contributed by atoms with Crippen molar-refractivity contribution in [2.24, 2.45) is 5.73 Å². The van der Waals surface area contributed by atoms with Crippen LogP contribution in [-0.2, 0) is 4.79 Å². The van der Waals surface area contributed by atoms with Gasteiger partial charge in [0.2, 0.25) is 0 Å². The zero-order valence-corrected chi connectivity index (χ0v) is 6.05. The minimum atomic E-state index is -0.393. The molecule has 1 atom stereocenters. The number of ketones is 1. The molecule has 0 saturated carbocycles. The van der Waals surface area contributed by atoms with Crippen molar-refractivity contribution in [3.8, 4) is 0 Å². The highest BCUT2D eigenvalue weighted by atomic mass is 16.1. The molecule has 2 nitrogen and oxygen atoms in total. The fourth-order valence-electron chi connectivity index (χ4n) is 0.591. The van der Waals surface area contributed by atoms with Crippen molar-refractivity contribution in [1.82, 2.24) is 0 Å². The monoisotopic (exact) mass is 139 g/mol. The lowest BCUT2D eigenvalue weighted by Crippen LogP contribution is -2.28. The van der Waals surface area contributed by atoms with Crippen LogP contribution in [0.25, 0.3) is 0 Å². The van der Waals surface area contributed by atoms with E-state index in [2.05, 4.69) is 13.2 Å². The van der Waals surface area contributed by atoms with Crippen LogP contribution in [0, 0.1) is 0 Å². The molecular formula is C8H13NO.